The first-order chi connectivity index (χ1) is 10.3. The van der Waals surface area contributed by atoms with E-state index in [1.54, 1.807) is 9.80 Å². The van der Waals surface area contributed by atoms with Crippen molar-refractivity contribution in [1.82, 2.24) is 0 Å². The molecule has 2 heterocycles. The molecule has 0 bridgehead atoms. The van der Waals surface area contributed by atoms with Crippen LogP contribution < -0.4 is 9.80 Å². The van der Waals surface area contributed by atoms with Gasteiger partial charge in [0.25, 0.3) is 0 Å². The Hall–Kier alpha value is -0.160. The normalized spacial score (nSPS) is 33.3. The Kier molecular flexibility index (Phi) is 6.29. The quantitative estimate of drug-likeness (QED) is 0.680. The van der Waals surface area contributed by atoms with Crippen molar-refractivity contribution in [3.8, 4) is 0 Å². The lowest BCUT2D eigenvalue weighted by atomic mass is 9.73. The van der Waals surface area contributed by atoms with E-state index >= 15 is 0 Å². The van der Waals surface area contributed by atoms with E-state index in [-0.39, 0.29) is 5.60 Å². The van der Waals surface area contributed by atoms with Crippen LogP contribution in [0.25, 0.3) is 0 Å². The minimum absolute atomic E-state index is 0.0242. The van der Waals surface area contributed by atoms with E-state index in [0.717, 1.165) is 13.2 Å². The largest absolute Gasteiger partial charge is 0.376 e. The number of hydrogen-bond acceptors (Lipinski definition) is 2. The smallest absolute Gasteiger partial charge is 0.106 e. The Morgan fingerprint density at radius 1 is 1.14 bits per heavy atom. The van der Waals surface area contributed by atoms with Crippen molar-refractivity contribution in [3.63, 3.8) is 0 Å². The van der Waals surface area contributed by atoms with Crippen molar-refractivity contribution >= 4 is 0 Å². The Morgan fingerprint density at radius 3 is 2.45 bits per heavy atom. The van der Waals surface area contributed by atoms with Crippen LogP contribution in [-0.2, 0) is 9.47 Å². The highest BCUT2D eigenvalue weighted by Crippen LogP contribution is 2.37. The van der Waals surface area contributed by atoms with Crippen molar-refractivity contribution in [3.05, 3.63) is 0 Å². The topological polar surface area (TPSA) is 27.3 Å². The van der Waals surface area contributed by atoms with Gasteiger partial charge in [-0.3, -0.25) is 0 Å². The summed E-state index contributed by atoms with van der Waals surface area (Å²) in [5.74, 6) is 0. The van der Waals surface area contributed by atoms with Crippen LogP contribution in [0.1, 0.15) is 46.5 Å². The standard InChI is InChI=1S/C18H36N2O2/c1-6-20(12-16-8-7-10-21-16)15-18(14-19(4)5)9-11-22-17(2,3)13-18/h16H,6-15H2,1-5H3/p+2/t16-,18+/m0/s1. The number of hydrogen-bond donors (Lipinski definition) is 2. The SMILES string of the molecule is CC[NH+](C[C@@H]1CCCO1)C[C@]1(C[NH+](C)C)CCOC(C)(C)C1. The van der Waals surface area contributed by atoms with Gasteiger partial charge in [0.1, 0.15) is 12.6 Å². The van der Waals surface area contributed by atoms with Crippen LogP contribution >= 0.6 is 0 Å². The molecule has 0 radical (unpaired) electrons. The van der Waals surface area contributed by atoms with Crippen LogP contribution in [0, 0.1) is 5.41 Å². The van der Waals surface area contributed by atoms with Gasteiger partial charge in [-0.2, -0.15) is 0 Å². The molecule has 0 aromatic rings. The van der Waals surface area contributed by atoms with Crippen molar-refractivity contribution in [1.29, 1.82) is 0 Å². The van der Waals surface area contributed by atoms with Crippen molar-refractivity contribution in [2.75, 3.05) is 53.5 Å². The highest BCUT2D eigenvalue weighted by atomic mass is 16.5. The van der Waals surface area contributed by atoms with Crippen LogP contribution in [0.3, 0.4) is 0 Å². The summed E-state index contributed by atoms with van der Waals surface area (Å²) in [5.41, 5.74) is 0.431. The second-order valence-electron chi connectivity index (χ2n) is 8.54. The maximum atomic E-state index is 6.01. The summed E-state index contributed by atoms with van der Waals surface area (Å²) < 4.78 is 11.9. The molecule has 2 aliphatic rings. The first kappa shape index (κ1) is 18.2. The monoisotopic (exact) mass is 314 g/mol. The molecule has 130 valence electrons. The van der Waals surface area contributed by atoms with Gasteiger partial charge in [-0.1, -0.05) is 0 Å². The van der Waals surface area contributed by atoms with Gasteiger partial charge in [-0.05, 0) is 46.5 Å². The average molecular weight is 315 g/mol. The predicted octanol–water partition coefficient (Wildman–Crippen LogP) is -0.210. The molecule has 22 heavy (non-hydrogen) atoms. The molecular formula is C18H38N2O2+2. The van der Waals surface area contributed by atoms with Crippen LogP contribution in [0.2, 0.25) is 0 Å². The lowest BCUT2D eigenvalue weighted by Crippen LogP contribution is -3.16. The minimum atomic E-state index is 0.0242. The predicted molar refractivity (Wildman–Crippen MR) is 89.6 cm³/mol. The molecular weight excluding hydrogens is 276 g/mol. The third-order valence-electron chi connectivity index (χ3n) is 5.32. The molecule has 1 unspecified atom stereocenters. The van der Waals surface area contributed by atoms with Crippen LogP contribution in [0.15, 0.2) is 0 Å². The molecule has 0 aromatic heterocycles. The van der Waals surface area contributed by atoms with Crippen LogP contribution in [-0.4, -0.2) is 65.2 Å². The highest BCUT2D eigenvalue weighted by Gasteiger charge is 2.45. The van der Waals surface area contributed by atoms with Gasteiger partial charge >= 0.3 is 0 Å². The summed E-state index contributed by atoms with van der Waals surface area (Å²) in [5, 5.41) is 0. The number of ether oxygens (including phenoxy) is 2. The van der Waals surface area contributed by atoms with Gasteiger partial charge in [-0.25, -0.2) is 0 Å². The summed E-state index contributed by atoms with van der Waals surface area (Å²) in [6.45, 7) is 13.6. The fraction of sp³-hybridized carbons (Fsp3) is 1.00. The van der Waals surface area contributed by atoms with Gasteiger partial charge < -0.3 is 19.3 Å². The molecule has 0 saturated carbocycles. The van der Waals surface area contributed by atoms with Gasteiger partial charge in [0.2, 0.25) is 0 Å². The molecule has 2 N–H and O–H groups in total. The number of quaternary nitrogens is 2. The molecule has 2 saturated heterocycles. The zero-order valence-electron chi connectivity index (χ0n) is 15.5. The number of likely N-dealkylation sites (N-methyl/N-ethyl adjacent to an activating group) is 1. The molecule has 2 fully saturated rings. The van der Waals surface area contributed by atoms with E-state index in [4.69, 9.17) is 9.47 Å². The van der Waals surface area contributed by atoms with E-state index in [1.807, 2.05) is 0 Å². The fourth-order valence-electron chi connectivity index (χ4n) is 4.70. The third-order valence-corrected chi connectivity index (χ3v) is 5.32. The summed E-state index contributed by atoms with van der Waals surface area (Å²) in [7, 11) is 4.58. The van der Waals surface area contributed by atoms with E-state index < -0.39 is 0 Å². The fourth-order valence-corrected chi connectivity index (χ4v) is 4.70. The van der Waals surface area contributed by atoms with E-state index in [1.165, 1.54) is 51.9 Å². The average Bonchev–Trinajstić information content (AvgIpc) is 2.88. The maximum absolute atomic E-state index is 6.01. The zero-order valence-corrected chi connectivity index (χ0v) is 15.5. The van der Waals surface area contributed by atoms with Gasteiger partial charge in [0.05, 0.1) is 44.7 Å². The molecule has 3 atom stereocenters. The lowest BCUT2D eigenvalue weighted by molar-refractivity contribution is -0.921. The lowest BCUT2D eigenvalue weighted by Gasteiger charge is -2.45. The Labute approximate surface area is 137 Å². The molecule has 4 nitrogen and oxygen atoms in total. The first-order valence-electron chi connectivity index (χ1n) is 9.22. The Bertz CT molecular complexity index is 340. The third kappa shape index (κ3) is 5.19. The van der Waals surface area contributed by atoms with E-state index in [2.05, 4.69) is 34.9 Å². The second-order valence-corrected chi connectivity index (χ2v) is 8.54. The summed E-state index contributed by atoms with van der Waals surface area (Å²) in [4.78, 5) is 3.27. The Balaban J connectivity index is 2.03. The first-order valence-corrected chi connectivity index (χ1v) is 9.22. The van der Waals surface area contributed by atoms with E-state index in [9.17, 15) is 0 Å². The van der Waals surface area contributed by atoms with Crippen molar-refractivity contribution in [2.24, 2.45) is 5.41 Å². The molecule has 4 heteroatoms. The maximum Gasteiger partial charge on any atom is 0.106 e. The zero-order chi connectivity index (χ0) is 16.2. The number of rotatable bonds is 7. The summed E-state index contributed by atoms with van der Waals surface area (Å²) in [6, 6.07) is 0. The van der Waals surface area contributed by atoms with Gasteiger partial charge in [0.15, 0.2) is 0 Å². The summed E-state index contributed by atoms with van der Waals surface area (Å²) >= 11 is 0. The van der Waals surface area contributed by atoms with Crippen LogP contribution in [0.4, 0.5) is 0 Å². The second kappa shape index (κ2) is 7.61. The van der Waals surface area contributed by atoms with Crippen LogP contribution in [0.5, 0.6) is 0 Å². The molecule has 0 aromatic carbocycles. The molecule has 2 rings (SSSR count). The molecule has 0 amide bonds. The Morgan fingerprint density at radius 2 is 1.91 bits per heavy atom. The summed E-state index contributed by atoms with van der Waals surface area (Å²) in [6.07, 6.45) is 5.38. The van der Waals surface area contributed by atoms with Crippen molar-refractivity contribution in [2.45, 2.75) is 58.2 Å². The number of nitrogens with one attached hydrogen (secondary N) is 2. The minimum Gasteiger partial charge on any atom is -0.376 e. The highest BCUT2D eigenvalue weighted by molar-refractivity contribution is 4.89. The molecule has 2 aliphatic heterocycles. The molecule has 0 spiro atoms. The van der Waals surface area contributed by atoms with Gasteiger partial charge in [-0.15, -0.1) is 0 Å². The van der Waals surface area contributed by atoms with Gasteiger partial charge in [0, 0.05) is 13.2 Å². The van der Waals surface area contributed by atoms with Crippen molar-refractivity contribution < 1.29 is 19.3 Å². The van der Waals surface area contributed by atoms with E-state index in [0.29, 0.717) is 11.5 Å². The molecule has 0 aliphatic carbocycles.